The van der Waals surface area contributed by atoms with Crippen molar-refractivity contribution in [1.82, 2.24) is 10.6 Å². The molecule has 0 saturated carbocycles. The average molecular weight is 198 g/mol. The Morgan fingerprint density at radius 2 is 2.00 bits per heavy atom. The minimum Gasteiger partial charge on any atom is -0.355 e. The van der Waals surface area contributed by atoms with Gasteiger partial charge in [-0.25, -0.2) is 0 Å². The van der Waals surface area contributed by atoms with E-state index in [1.165, 1.54) is 0 Å². The third-order valence-electron chi connectivity index (χ3n) is 1.27. The van der Waals surface area contributed by atoms with Crippen LogP contribution in [0.2, 0.25) is 0 Å². The summed E-state index contributed by atoms with van der Waals surface area (Å²) in [5.41, 5.74) is 0. The largest absolute Gasteiger partial charge is 0.390 e. The van der Waals surface area contributed by atoms with Gasteiger partial charge in [0.25, 0.3) is 0 Å². The van der Waals surface area contributed by atoms with E-state index in [0.717, 1.165) is 0 Å². The van der Waals surface area contributed by atoms with Crippen molar-refractivity contribution >= 4 is 5.91 Å². The topological polar surface area (TPSA) is 41.1 Å². The summed E-state index contributed by atoms with van der Waals surface area (Å²) < 4.78 is 34.8. The van der Waals surface area contributed by atoms with Crippen LogP contribution >= 0.6 is 0 Å². The van der Waals surface area contributed by atoms with Gasteiger partial charge in [-0.05, 0) is 6.54 Å². The lowest BCUT2D eigenvalue weighted by atomic mass is 10.4. The molecule has 6 heteroatoms. The summed E-state index contributed by atoms with van der Waals surface area (Å²) in [6, 6.07) is 0. The molecule has 0 fully saturated rings. The highest BCUT2D eigenvalue weighted by atomic mass is 19.4. The van der Waals surface area contributed by atoms with Crippen molar-refractivity contribution in [3.05, 3.63) is 0 Å². The van der Waals surface area contributed by atoms with E-state index in [-0.39, 0.29) is 13.1 Å². The van der Waals surface area contributed by atoms with E-state index in [1.54, 1.807) is 0 Å². The number of halogens is 3. The van der Waals surface area contributed by atoms with Crippen molar-refractivity contribution in [3.63, 3.8) is 0 Å². The van der Waals surface area contributed by atoms with Crippen molar-refractivity contribution in [2.75, 3.05) is 19.6 Å². The molecule has 0 bridgehead atoms. The lowest BCUT2D eigenvalue weighted by molar-refractivity contribution is -0.135. The first-order valence-electron chi connectivity index (χ1n) is 4.00. The van der Waals surface area contributed by atoms with Gasteiger partial charge in [0.15, 0.2) is 0 Å². The highest BCUT2D eigenvalue weighted by Crippen LogP contribution is 2.17. The Kier molecular flexibility index (Phi) is 5.45. The fourth-order valence-electron chi connectivity index (χ4n) is 0.645. The molecule has 2 N–H and O–H groups in total. The molecule has 0 aliphatic carbocycles. The first-order chi connectivity index (χ1) is 5.95. The summed E-state index contributed by atoms with van der Waals surface area (Å²) in [5.74, 6) is -0.411. The SMILES string of the molecule is CCNCC(=O)NCCC(F)(F)F. The van der Waals surface area contributed by atoms with Crippen molar-refractivity contribution in [2.24, 2.45) is 0 Å². The molecule has 0 unspecified atom stereocenters. The van der Waals surface area contributed by atoms with Crippen LogP contribution in [0.15, 0.2) is 0 Å². The molecule has 0 saturated heterocycles. The van der Waals surface area contributed by atoms with Crippen LogP contribution in [-0.2, 0) is 4.79 Å². The van der Waals surface area contributed by atoms with Gasteiger partial charge in [0.1, 0.15) is 0 Å². The molecule has 0 radical (unpaired) electrons. The first-order valence-corrected chi connectivity index (χ1v) is 4.00. The molecule has 0 rings (SSSR count). The smallest absolute Gasteiger partial charge is 0.355 e. The maximum absolute atomic E-state index is 11.6. The molecule has 0 aromatic heterocycles. The summed E-state index contributed by atoms with van der Waals surface area (Å²) in [5, 5.41) is 4.85. The zero-order chi connectivity index (χ0) is 10.3. The number of carbonyl (C=O) groups excluding carboxylic acids is 1. The Morgan fingerprint density at radius 1 is 1.38 bits per heavy atom. The van der Waals surface area contributed by atoms with Crippen molar-refractivity contribution in [2.45, 2.75) is 19.5 Å². The minimum atomic E-state index is -4.20. The Labute approximate surface area is 74.7 Å². The zero-order valence-corrected chi connectivity index (χ0v) is 7.37. The molecule has 1 amide bonds. The summed E-state index contributed by atoms with van der Waals surface area (Å²) >= 11 is 0. The Hall–Kier alpha value is -0.780. The summed E-state index contributed by atoms with van der Waals surface area (Å²) in [7, 11) is 0. The molecule has 0 aromatic rings. The Morgan fingerprint density at radius 3 is 2.46 bits per heavy atom. The van der Waals surface area contributed by atoms with Gasteiger partial charge < -0.3 is 10.6 Å². The summed E-state index contributed by atoms with van der Waals surface area (Å²) in [6.45, 7) is 2.14. The second-order valence-electron chi connectivity index (χ2n) is 2.50. The quantitative estimate of drug-likeness (QED) is 0.681. The van der Waals surface area contributed by atoms with E-state index < -0.39 is 18.5 Å². The number of hydrogen-bond donors (Lipinski definition) is 2. The van der Waals surface area contributed by atoms with Crippen molar-refractivity contribution in [3.8, 4) is 0 Å². The molecule has 13 heavy (non-hydrogen) atoms. The third kappa shape index (κ3) is 9.13. The molecule has 0 atom stereocenters. The van der Waals surface area contributed by atoms with Crippen LogP contribution in [-0.4, -0.2) is 31.7 Å². The number of likely N-dealkylation sites (N-methyl/N-ethyl adjacent to an activating group) is 1. The van der Waals surface area contributed by atoms with Gasteiger partial charge in [-0.1, -0.05) is 6.92 Å². The van der Waals surface area contributed by atoms with Crippen LogP contribution in [0.25, 0.3) is 0 Å². The fourth-order valence-corrected chi connectivity index (χ4v) is 0.645. The molecular weight excluding hydrogens is 185 g/mol. The number of carbonyl (C=O) groups is 1. The lowest BCUT2D eigenvalue weighted by Gasteiger charge is -2.07. The second-order valence-corrected chi connectivity index (χ2v) is 2.50. The molecule has 3 nitrogen and oxygen atoms in total. The molecular formula is C7H13F3N2O. The number of alkyl halides is 3. The average Bonchev–Trinajstić information content (AvgIpc) is 1.98. The van der Waals surface area contributed by atoms with Crippen LogP contribution in [0.3, 0.4) is 0 Å². The third-order valence-corrected chi connectivity index (χ3v) is 1.27. The second kappa shape index (κ2) is 5.80. The Balaban J connectivity index is 3.37. The van der Waals surface area contributed by atoms with Gasteiger partial charge in [-0.2, -0.15) is 13.2 Å². The van der Waals surface area contributed by atoms with E-state index in [1.807, 2.05) is 6.92 Å². The van der Waals surface area contributed by atoms with Gasteiger partial charge in [0.2, 0.25) is 5.91 Å². The van der Waals surface area contributed by atoms with Gasteiger partial charge in [0.05, 0.1) is 13.0 Å². The number of nitrogens with one attached hydrogen (secondary N) is 2. The van der Waals surface area contributed by atoms with E-state index >= 15 is 0 Å². The summed E-state index contributed by atoms with van der Waals surface area (Å²) in [6.07, 6.45) is -5.18. The first kappa shape index (κ1) is 12.2. The molecule has 0 heterocycles. The molecule has 78 valence electrons. The van der Waals surface area contributed by atoms with Crippen LogP contribution in [0.5, 0.6) is 0 Å². The highest BCUT2D eigenvalue weighted by Gasteiger charge is 2.26. The predicted octanol–water partition coefficient (Wildman–Crippen LogP) is 0.664. The van der Waals surface area contributed by atoms with Crippen molar-refractivity contribution < 1.29 is 18.0 Å². The van der Waals surface area contributed by atoms with Gasteiger partial charge >= 0.3 is 6.18 Å². The molecule has 0 aliphatic heterocycles. The Bertz CT molecular complexity index is 158. The lowest BCUT2D eigenvalue weighted by Crippen LogP contribution is -2.35. The zero-order valence-electron chi connectivity index (χ0n) is 7.37. The van der Waals surface area contributed by atoms with Crippen LogP contribution in [0.4, 0.5) is 13.2 Å². The predicted molar refractivity (Wildman–Crippen MR) is 42.2 cm³/mol. The standard InChI is InChI=1S/C7H13F3N2O/c1-2-11-5-6(13)12-4-3-7(8,9)10/h11H,2-5H2,1H3,(H,12,13). The van der Waals surface area contributed by atoms with Crippen LogP contribution in [0, 0.1) is 0 Å². The van der Waals surface area contributed by atoms with Crippen LogP contribution in [0.1, 0.15) is 13.3 Å². The molecule has 0 aromatic carbocycles. The molecule has 0 spiro atoms. The maximum Gasteiger partial charge on any atom is 0.390 e. The van der Waals surface area contributed by atoms with E-state index in [9.17, 15) is 18.0 Å². The number of hydrogen-bond acceptors (Lipinski definition) is 2. The van der Waals surface area contributed by atoms with E-state index in [4.69, 9.17) is 0 Å². The van der Waals surface area contributed by atoms with Gasteiger partial charge in [0, 0.05) is 6.54 Å². The highest BCUT2D eigenvalue weighted by molar-refractivity contribution is 5.77. The fraction of sp³-hybridized carbons (Fsp3) is 0.857. The monoisotopic (exact) mass is 198 g/mol. The van der Waals surface area contributed by atoms with Gasteiger partial charge in [-0.3, -0.25) is 4.79 Å². The number of rotatable bonds is 5. The number of amides is 1. The normalized spacial score (nSPS) is 11.4. The molecule has 0 aliphatic rings. The van der Waals surface area contributed by atoms with Crippen LogP contribution < -0.4 is 10.6 Å². The van der Waals surface area contributed by atoms with E-state index in [2.05, 4.69) is 10.6 Å². The van der Waals surface area contributed by atoms with Gasteiger partial charge in [-0.15, -0.1) is 0 Å². The minimum absolute atomic E-state index is 0.0638. The van der Waals surface area contributed by atoms with E-state index in [0.29, 0.717) is 6.54 Å². The maximum atomic E-state index is 11.6. The van der Waals surface area contributed by atoms with Crippen molar-refractivity contribution in [1.29, 1.82) is 0 Å². The summed E-state index contributed by atoms with van der Waals surface area (Å²) in [4.78, 5) is 10.7.